The fourth-order valence-corrected chi connectivity index (χ4v) is 13.6. The lowest BCUT2D eigenvalue weighted by Crippen LogP contribution is -2.82. The van der Waals surface area contributed by atoms with Crippen molar-refractivity contribution in [2.75, 3.05) is 40.3 Å². The maximum Gasteiger partial charge on any atom is 0.410 e. The molecular weight excluding hydrogens is 1230 g/mol. The summed E-state index contributed by atoms with van der Waals surface area (Å²) in [6, 6.07) is 27.9. The SMILES string of the molecule is CC(=O)O[C@H]1C(=O)[C@@]2(C)[C@H]([C@H](OC(=O)c3ccccc3)[C@]3(O)CC(OC(=O)[C@H](OC(=O)N(C)CCN(C)C(=O)[C@H](CCCCN)NC(=O)[C@H](Cc4ccccc4)NC(=O)[C@@H](C)N)C(NC(=O)c4ccccc4)c4ccccc4)C(C)=C1C3(C)C)[C@]1(OC(C)=O)CO[C@@H]1C[C@@H]2O. The number of benzene rings is 4. The molecule has 4 aliphatic rings. The maximum atomic E-state index is 16.0. The molecule has 5 amide bonds. The number of unbranched alkanes of at least 4 members (excludes halogenated alkanes) is 1. The van der Waals surface area contributed by atoms with E-state index in [1.807, 2.05) is 0 Å². The zero-order valence-corrected chi connectivity index (χ0v) is 54.9. The average molecular weight is 1310 g/mol. The third-order valence-corrected chi connectivity index (χ3v) is 19.0. The first-order valence-corrected chi connectivity index (χ1v) is 31.8. The van der Waals surface area contributed by atoms with Gasteiger partial charge in [-0.1, -0.05) is 111 Å². The normalized spacial score (nSPS) is 25.6. The van der Waals surface area contributed by atoms with E-state index in [0.29, 0.717) is 19.4 Å². The quantitative estimate of drug-likeness (QED) is 0.0214. The summed E-state index contributed by atoms with van der Waals surface area (Å²) in [5.74, 6) is -9.24. The van der Waals surface area contributed by atoms with Crippen molar-refractivity contribution in [1.82, 2.24) is 25.8 Å². The van der Waals surface area contributed by atoms with Crippen molar-refractivity contribution in [2.45, 2.75) is 159 Å². The first kappa shape index (κ1) is 72.0. The van der Waals surface area contributed by atoms with Crippen LogP contribution in [0.3, 0.4) is 0 Å². The minimum Gasteiger partial charge on any atom is -0.455 e. The number of rotatable bonds is 25. The van der Waals surface area contributed by atoms with Crippen LogP contribution in [0.5, 0.6) is 0 Å². The first-order chi connectivity index (χ1) is 45.0. The van der Waals surface area contributed by atoms with E-state index in [-0.39, 0.29) is 60.2 Å². The molecule has 25 heteroatoms. The van der Waals surface area contributed by atoms with Crippen LogP contribution in [-0.2, 0) is 68.4 Å². The van der Waals surface area contributed by atoms with Crippen LogP contribution < -0.4 is 27.4 Å². The van der Waals surface area contributed by atoms with Crippen molar-refractivity contribution in [3.63, 3.8) is 0 Å². The summed E-state index contributed by atoms with van der Waals surface area (Å²) in [6.07, 6.45) is -11.4. The summed E-state index contributed by atoms with van der Waals surface area (Å²) in [5, 5.41) is 34.9. The summed E-state index contributed by atoms with van der Waals surface area (Å²) >= 11 is 0. The summed E-state index contributed by atoms with van der Waals surface area (Å²) in [6.45, 7) is 9.04. The summed E-state index contributed by atoms with van der Waals surface area (Å²) in [4.78, 5) is 146. The van der Waals surface area contributed by atoms with Crippen LogP contribution in [0.15, 0.2) is 132 Å². The summed E-state index contributed by atoms with van der Waals surface area (Å²) in [5.41, 5.74) is 4.36. The van der Waals surface area contributed by atoms with Crippen molar-refractivity contribution in [2.24, 2.45) is 28.2 Å². The summed E-state index contributed by atoms with van der Waals surface area (Å²) < 4.78 is 37.4. The molecule has 1 aliphatic heterocycles. The second kappa shape index (κ2) is 30.2. The second-order valence-corrected chi connectivity index (χ2v) is 25.8. The van der Waals surface area contributed by atoms with Gasteiger partial charge in [0.15, 0.2) is 17.5 Å². The molecule has 2 unspecified atom stereocenters. The van der Waals surface area contributed by atoms with Crippen molar-refractivity contribution in [3.05, 3.63) is 155 Å². The lowest BCUT2D eigenvalue weighted by Gasteiger charge is -2.67. The van der Waals surface area contributed by atoms with Crippen LogP contribution in [-0.4, -0.2) is 186 Å². The Morgan fingerprint density at radius 2 is 1.32 bits per heavy atom. The molecule has 1 heterocycles. The number of aliphatic hydroxyl groups excluding tert-OH is 1. The molecule has 2 bridgehead atoms. The number of ether oxygens (including phenoxy) is 6. The molecule has 25 nitrogen and oxygen atoms in total. The number of aliphatic hydroxyl groups is 2. The minimum atomic E-state index is -2.56. The van der Waals surface area contributed by atoms with Crippen LogP contribution in [0.1, 0.15) is 118 Å². The number of esters is 4. The lowest BCUT2D eigenvalue weighted by atomic mass is 9.44. The fourth-order valence-electron chi connectivity index (χ4n) is 13.6. The molecule has 95 heavy (non-hydrogen) atoms. The molecule has 0 spiro atoms. The Labute approximate surface area is 551 Å². The molecule has 510 valence electrons. The molecule has 3 aliphatic carbocycles. The van der Waals surface area contributed by atoms with Gasteiger partial charge in [-0.05, 0) is 93.1 Å². The molecular formula is C70H87N7O18. The number of hydrogen-bond donors (Lipinski definition) is 7. The largest absolute Gasteiger partial charge is 0.455 e. The van der Waals surface area contributed by atoms with Gasteiger partial charge in [-0.25, -0.2) is 14.4 Å². The molecule has 1 saturated heterocycles. The van der Waals surface area contributed by atoms with Gasteiger partial charge >= 0.3 is 30.0 Å². The molecule has 14 atom stereocenters. The molecule has 9 N–H and O–H groups in total. The van der Waals surface area contributed by atoms with Gasteiger partial charge in [0.1, 0.15) is 42.0 Å². The van der Waals surface area contributed by atoms with Gasteiger partial charge in [0.05, 0.1) is 35.6 Å². The highest BCUT2D eigenvalue weighted by atomic mass is 16.6. The Hall–Kier alpha value is -8.88. The lowest BCUT2D eigenvalue weighted by molar-refractivity contribution is -0.346. The molecule has 2 saturated carbocycles. The van der Waals surface area contributed by atoms with Crippen molar-refractivity contribution in [1.29, 1.82) is 0 Å². The molecule has 3 fully saturated rings. The van der Waals surface area contributed by atoms with E-state index in [1.54, 1.807) is 97.1 Å². The van der Waals surface area contributed by atoms with Crippen molar-refractivity contribution < 1.29 is 86.6 Å². The third kappa shape index (κ3) is 15.3. The number of nitrogens with two attached hydrogens (primary N) is 2. The van der Waals surface area contributed by atoms with Crippen LogP contribution in [0, 0.1) is 16.7 Å². The molecule has 0 radical (unpaired) electrons. The summed E-state index contributed by atoms with van der Waals surface area (Å²) in [7, 11) is 2.79. The van der Waals surface area contributed by atoms with E-state index >= 15 is 9.59 Å². The van der Waals surface area contributed by atoms with Gasteiger partial charge in [-0.15, -0.1) is 0 Å². The van der Waals surface area contributed by atoms with E-state index in [2.05, 4.69) is 16.0 Å². The fraction of sp³-hybridized carbons (Fsp3) is 0.486. The molecule has 4 aromatic rings. The van der Waals surface area contributed by atoms with Gasteiger partial charge in [0.25, 0.3) is 5.91 Å². The highest BCUT2D eigenvalue weighted by Crippen LogP contribution is 2.64. The number of hydrogen-bond acceptors (Lipinski definition) is 20. The van der Waals surface area contributed by atoms with E-state index in [0.717, 1.165) is 24.3 Å². The first-order valence-electron chi connectivity index (χ1n) is 31.8. The van der Waals surface area contributed by atoms with Crippen LogP contribution in [0.4, 0.5) is 4.79 Å². The monoisotopic (exact) mass is 1310 g/mol. The van der Waals surface area contributed by atoms with Crippen molar-refractivity contribution >= 4 is 59.4 Å². The Morgan fingerprint density at radius 1 is 0.737 bits per heavy atom. The topological polar surface area (TPSA) is 361 Å². The van der Waals surface area contributed by atoms with Crippen LogP contribution in [0.2, 0.25) is 0 Å². The Morgan fingerprint density at radius 3 is 1.88 bits per heavy atom. The number of Topliss-reactive ketones (excluding diaryl/α,β-unsaturated/α-hetero) is 1. The van der Waals surface area contributed by atoms with Crippen LogP contribution in [0.25, 0.3) is 0 Å². The smallest absolute Gasteiger partial charge is 0.410 e. The number of nitrogens with one attached hydrogen (secondary N) is 3. The number of amides is 5. The molecule has 0 aromatic heterocycles. The Kier molecular flexibility index (Phi) is 22.9. The maximum absolute atomic E-state index is 16.0. The highest BCUT2D eigenvalue weighted by Gasteiger charge is 2.78. The zero-order valence-electron chi connectivity index (χ0n) is 54.9. The molecule has 4 aromatic carbocycles. The molecule has 8 rings (SSSR count). The Bertz CT molecular complexity index is 3500. The highest BCUT2D eigenvalue weighted by molar-refractivity contribution is 5.97. The number of carbonyl (C=O) groups is 10. The van der Waals surface area contributed by atoms with Crippen LogP contribution >= 0.6 is 0 Å². The van der Waals surface area contributed by atoms with Gasteiger partial charge in [0.2, 0.25) is 23.8 Å². The zero-order chi connectivity index (χ0) is 69.3. The Balaban J connectivity index is 1.17. The number of fused-ring (bicyclic) bond motifs is 5. The van der Waals surface area contributed by atoms with E-state index in [1.165, 1.54) is 77.9 Å². The van der Waals surface area contributed by atoms with Gasteiger partial charge < -0.3 is 75.9 Å². The standard InChI is InChI=1S/C70H87N7O18/c1-40-50(38-70(89)59(94-64(86)47-30-20-13-21-31-47)57-68(7,51(80)37-52-69(57,39-90-52)95-43(4)79)58(81)55(91-42(3)78)53(40)67(70,5)6)92-65(87)56(54(45-26-16-11-17-27-45)75-61(83)46-28-18-12-19-29-46)93-66(88)77(9)35-34-76(8)63(85)48(32-22-23-33-71)73-62(84)49(74-60(82)41(2)72)36-44-24-14-10-15-25-44/h10-21,24-31,41,48-52,54-57,59,80,89H,22-23,32-39,71-72H2,1-9H3,(H,73,84)(H,74,82)(H,75,83)/t41-,48+,49+,50?,51+,52-,54?,55-,56-,57+,59+,68-,69+,70-/m1/s1. The minimum absolute atomic E-state index is 0.00457. The second-order valence-electron chi connectivity index (χ2n) is 25.8. The van der Waals surface area contributed by atoms with E-state index in [4.69, 9.17) is 39.9 Å². The van der Waals surface area contributed by atoms with E-state index < -0.39 is 161 Å². The average Bonchev–Trinajstić information content (AvgIpc) is 0.670. The van der Waals surface area contributed by atoms with Crippen molar-refractivity contribution in [3.8, 4) is 0 Å². The van der Waals surface area contributed by atoms with Gasteiger partial charge in [-0.3, -0.25) is 33.6 Å². The number of ketones is 1. The number of nitrogens with zero attached hydrogens (tertiary/aromatic N) is 2. The predicted octanol–water partition coefficient (Wildman–Crippen LogP) is 3.96. The van der Waals surface area contributed by atoms with Gasteiger partial charge in [0, 0.05) is 71.3 Å². The van der Waals surface area contributed by atoms with E-state index in [9.17, 15) is 48.6 Å². The predicted molar refractivity (Wildman–Crippen MR) is 343 cm³/mol. The third-order valence-electron chi connectivity index (χ3n) is 19.0. The number of carbonyl (C=O) groups excluding carboxylic acids is 10. The number of likely N-dealkylation sites (N-methyl/N-ethyl adjacent to an activating group) is 2. The van der Waals surface area contributed by atoms with Gasteiger partial charge in [-0.2, -0.15) is 0 Å².